The van der Waals surface area contributed by atoms with Gasteiger partial charge in [-0.25, -0.2) is 4.98 Å². The van der Waals surface area contributed by atoms with Gasteiger partial charge in [-0.1, -0.05) is 12.1 Å². The van der Waals surface area contributed by atoms with Gasteiger partial charge in [0.2, 0.25) is 17.7 Å². The summed E-state index contributed by atoms with van der Waals surface area (Å²) < 4.78 is 45.8. The Bertz CT molecular complexity index is 1130. The second-order valence-electron chi connectivity index (χ2n) is 8.11. The lowest BCUT2D eigenvalue weighted by molar-refractivity contribution is -0.276. The Labute approximate surface area is 205 Å². The summed E-state index contributed by atoms with van der Waals surface area (Å²) in [6, 6.07) is 14.1. The molecule has 0 spiro atoms. The van der Waals surface area contributed by atoms with Crippen molar-refractivity contribution in [2.24, 2.45) is 0 Å². The second kappa shape index (κ2) is 11.1. The maximum Gasteiger partial charge on any atom is 0.574 e. The van der Waals surface area contributed by atoms with Crippen LogP contribution in [0.3, 0.4) is 0 Å². The Morgan fingerprint density at radius 3 is 2.22 bits per heavy atom. The monoisotopic (exact) mass is 502 g/mol. The Morgan fingerprint density at radius 1 is 0.944 bits per heavy atom. The first kappa shape index (κ1) is 25.0. The van der Waals surface area contributed by atoms with E-state index in [4.69, 9.17) is 4.74 Å². The molecule has 3 heterocycles. The molecule has 9 nitrogen and oxygen atoms in total. The number of amides is 1. The number of halogens is 3. The topological polar surface area (TPSA) is 92.7 Å². The number of nitrogens with zero attached hydrogens (tertiary/aromatic N) is 5. The highest BCUT2D eigenvalue weighted by Gasteiger charge is 2.31. The minimum atomic E-state index is -4.78. The van der Waals surface area contributed by atoms with Crippen LogP contribution < -0.4 is 19.7 Å². The van der Waals surface area contributed by atoms with Crippen molar-refractivity contribution in [1.82, 2.24) is 20.1 Å². The van der Waals surface area contributed by atoms with Gasteiger partial charge in [0, 0.05) is 69.2 Å². The van der Waals surface area contributed by atoms with Crippen LogP contribution in [-0.2, 0) is 17.9 Å². The van der Waals surface area contributed by atoms with E-state index < -0.39 is 12.2 Å². The van der Waals surface area contributed by atoms with Crippen molar-refractivity contribution in [3.8, 4) is 11.8 Å². The Kier molecular flexibility index (Phi) is 7.71. The molecule has 1 saturated heterocycles. The van der Waals surface area contributed by atoms with Gasteiger partial charge < -0.3 is 24.6 Å². The van der Waals surface area contributed by atoms with Crippen LogP contribution in [0.25, 0.3) is 0 Å². The number of piperazine rings is 1. The molecule has 12 heteroatoms. The molecule has 190 valence electrons. The summed E-state index contributed by atoms with van der Waals surface area (Å²) in [5.74, 6) is 0.417. The van der Waals surface area contributed by atoms with E-state index in [1.54, 1.807) is 19.1 Å². The molecule has 1 aromatic carbocycles. The third kappa shape index (κ3) is 7.20. The van der Waals surface area contributed by atoms with Crippen molar-refractivity contribution in [2.75, 3.05) is 36.4 Å². The fourth-order valence-corrected chi connectivity index (χ4v) is 3.62. The number of nitrogens with one attached hydrogen (secondary N) is 1. The highest BCUT2D eigenvalue weighted by atomic mass is 19.4. The van der Waals surface area contributed by atoms with E-state index in [1.807, 2.05) is 17.0 Å². The molecule has 0 bridgehead atoms. The molecule has 4 rings (SSSR count). The summed E-state index contributed by atoms with van der Waals surface area (Å²) in [4.78, 5) is 19.2. The third-order valence-electron chi connectivity index (χ3n) is 5.54. The predicted octanol–water partition coefficient (Wildman–Crippen LogP) is 3.63. The lowest BCUT2D eigenvalue weighted by atomic mass is 10.1. The highest BCUT2D eigenvalue weighted by Crippen LogP contribution is 2.21. The largest absolute Gasteiger partial charge is 0.574 e. The summed E-state index contributed by atoms with van der Waals surface area (Å²) in [6.45, 7) is 5.32. The van der Waals surface area contributed by atoms with Crippen molar-refractivity contribution in [3.05, 3.63) is 65.9 Å². The first-order chi connectivity index (χ1) is 17.2. The zero-order chi connectivity index (χ0) is 25.5. The first-order valence-electron chi connectivity index (χ1n) is 11.3. The van der Waals surface area contributed by atoms with Crippen LogP contribution in [0.15, 0.2) is 54.7 Å². The van der Waals surface area contributed by atoms with Crippen molar-refractivity contribution in [1.29, 1.82) is 0 Å². The number of carbonyl (C=O) groups is 1. The standard InChI is InChI=1S/C24H25F3N6O3/c1-17(34)32-10-12-33(13-11-32)20-5-2-18(3-6-20)14-28-21-7-9-23(31-30-21)35-16-19-4-8-22(29-15-19)36-24(25,26)27/h2-9,15H,10-14,16H2,1H3,(H,28,30). The number of benzene rings is 1. The molecule has 0 radical (unpaired) electrons. The van der Waals surface area contributed by atoms with Crippen molar-refractivity contribution in [3.63, 3.8) is 0 Å². The summed E-state index contributed by atoms with van der Waals surface area (Å²) in [5, 5.41) is 11.3. The highest BCUT2D eigenvalue weighted by molar-refractivity contribution is 5.73. The number of hydrogen-bond donors (Lipinski definition) is 1. The van der Waals surface area contributed by atoms with E-state index in [-0.39, 0.29) is 18.4 Å². The molecule has 0 atom stereocenters. The minimum absolute atomic E-state index is 0.0664. The van der Waals surface area contributed by atoms with E-state index in [1.165, 1.54) is 12.3 Å². The van der Waals surface area contributed by atoms with Gasteiger partial charge in [0.25, 0.3) is 0 Å². The van der Waals surface area contributed by atoms with Crippen molar-refractivity contribution in [2.45, 2.75) is 26.4 Å². The van der Waals surface area contributed by atoms with E-state index in [9.17, 15) is 18.0 Å². The third-order valence-corrected chi connectivity index (χ3v) is 5.54. The molecule has 2 aromatic heterocycles. The normalized spacial score (nSPS) is 13.9. The second-order valence-corrected chi connectivity index (χ2v) is 8.11. The van der Waals surface area contributed by atoms with Crippen LogP contribution in [0.1, 0.15) is 18.1 Å². The van der Waals surface area contributed by atoms with Crippen molar-refractivity contribution < 1.29 is 27.4 Å². The summed E-state index contributed by atoms with van der Waals surface area (Å²) in [7, 11) is 0. The summed E-state index contributed by atoms with van der Waals surface area (Å²) in [5.41, 5.74) is 2.76. The molecule has 0 saturated carbocycles. The van der Waals surface area contributed by atoms with Crippen LogP contribution >= 0.6 is 0 Å². The number of anilines is 2. The lowest BCUT2D eigenvalue weighted by Crippen LogP contribution is -2.48. The molecule has 1 aliphatic rings. The predicted molar refractivity (Wildman–Crippen MR) is 126 cm³/mol. The zero-order valence-electron chi connectivity index (χ0n) is 19.5. The molecular formula is C24H25F3N6O3. The molecule has 1 aliphatic heterocycles. The van der Waals surface area contributed by atoms with Crippen molar-refractivity contribution >= 4 is 17.4 Å². The molecule has 1 amide bonds. The van der Waals surface area contributed by atoms with Gasteiger partial charge in [-0.2, -0.15) is 0 Å². The van der Waals surface area contributed by atoms with Gasteiger partial charge >= 0.3 is 6.36 Å². The number of carbonyl (C=O) groups excluding carboxylic acids is 1. The van der Waals surface area contributed by atoms with E-state index in [0.29, 0.717) is 17.9 Å². The van der Waals surface area contributed by atoms with E-state index in [2.05, 4.69) is 42.3 Å². The minimum Gasteiger partial charge on any atom is -0.472 e. The van der Waals surface area contributed by atoms with Crippen LogP contribution in [0.4, 0.5) is 24.7 Å². The van der Waals surface area contributed by atoms with Gasteiger partial charge in [-0.3, -0.25) is 4.79 Å². The van der Waals surface area contributed by atoms with Gasteiger partial charge in [0.15, 0.2) is 0 Å². The van der Waals surface area contributed by atoms with E-state index in [0.717, 1.165) is 43.5 Å². The lowest BCUT2D eigenvalue weighted by Gasteiger charge is -2.35. The number of alkyl halides is 3. The number of hydrogen-bond acceptors (Lipinski definition) is 8. The van der Waals surface area contributed by atoms with E-state index >= 15 is 0 Å². The van der Waals surface area contributed by atoms with Gasteiger partial charge in [0.05, 0.1) is 0 Å². The first-order valence-corrected chi connectivity index (χ1v) is 11.3. The number of pyridine rings is 1. The molecule has 1 N–H and O–H groups in total. The average Bonchev–Trinajstić information content (AvgIpc) is 2.87. The molecule has 0 aliphatic carbocycles. The number of rotatable bonds is 8. The van der Waals surface area contributed by atoms with Crippen LogP contribution in [0.5, 0.6) is 11.8 Å². The van der Waals surface area contributed by atoms with Gasteiger partial charge in [0.1, 0.15) is 12.4 Å². The molecule has 1 fully saturated rings. The van der Waals surface area contributed by atoms with Crippen LogP contribution in [-0.4, -0.2) is 58.5 Å². The maximum absolute atomic E-state index is 12.2. The number of ether oxygens (including phenoxy) is 2. The van der Waals surface area contributed by atoms with Gasteiger partial charge in [-0.15, -0.1) is 23.4 Å². The maximum atomic E-state index is 12.2. The zero-order valence-corrected chi connectivity index (χ0v) is 19.5. The number of aromatic nitrogens is 3. The fraction of sp³-hybridized carbons (Fsp3) is 0.333. The molecule has 36 heavy (non-hydrogen) atoms. The summed E-state index contributed by atoms with van der Waals surface area (Å²) in [6.07, 6.45) is -3.55. The quantitative estimate of drug-likeness (QED) is 0.499. The average molecular weight is 502 g/mol. The van der Waals surface area contributed by atoms with Crippen LogP contribution in [0, 0.1) is 0 Å². The summed E-state index contributed by atoms with van der Waals surface area (Å²) >= 11 is 0. The molecular weight excluding hydrogens is 477 g/mol. The SMILES string of the molecule is CC(=O)N1CCN(c2ccc(CNc3ccc(OCc4ccc(OC(F)(F)F)nc4)nn3)cc2)CC1. The van der Waals surface area contributed by atoms with Crippen LogP contribution in [0.2, 0.25) is 0 Å². The Balaban J connectivity index is 1.21. The smallest absolute Gasteiger partial charge is 0.472 e. The van der Waals surface area contributed by atoms with Gasteiger partial charge in [-0.05, 0) is 29.8 Å². The fourth-order valence-electron chi connectivity index (χ4n) is 3.62. The molecule has 0 unspecified atom stereocenters. The Morgan fingerprint density at radius 2 is 1.64 bits per heavy atom. The Hall–Kier alpha value is -4.09. The molecule has 3 aromatic rings.